The van der Waals surface area contributed by atoms with E-state index in [-0.39, 0.29) is 22.0 Å². The van der Waals surface area contributed by atoms with E-state index in [1.54, 1.807) is 48.5 Å². The number of fused-ring (bicyclic) bond motifs is 3. The van der Waals surface area contributed by atoms with Crippen LogP contribution in [0.2, 0.25) is 0 Å². The van der Waals surface area contributed by atoms with Crippen LogP contribution >= 0.6 is 15.9 Å². The van der Waals surface area contributed by atoms with Crippen molar-refractivity contribution in [1.82, 2.24) is 10.4 Å². The molecular weight excluding hydrogens is 396 g/mol. The molecule has 1 amide bonds. The van der Waals surface area contributed by atoms with Crippen LogP contribution in [0.25, 0.3) is 22.0 Å². The summed E-state index contributed by atoms with van der Waals surface area (Å²) in [6, 6.07) is 15.8. The van der Waals surface area contributed by atoms with E-state index in [4.69, 9.17) is 0 Å². The van der Waals surface area contributed by atoms with Crippen molar-refractivity contribution in [3.8, 4) is 17.3 Å². The Labute approximate surface area is 155 Å². The molecule has 0 bridgehead atoms. The van der Waals surface area contributed by atoms with Gasteiger partial charge in [-0.3, -0.25) is 9.59 Å². The fourth-order valence-corrected chi connectivity index (χ4v) is 3.11. The number of benzene rings is 2. The first-order valence-corrected chi connectivity index (χ1v) is 8.41. The summed E-state index contributed by atoms with van der Waals surface area (Å²) in [6.45, 7) is 0. The van der Waals surface area contributed by atoms with Crippen molar-refractivity contribution in [1.29, 1.82) is 5.26 Å². The fraction of sp³-hybridized carbons (Fsp3) is 0. The Balaban J connectivity index is 1.80. The number of nitrogens with one attached hydrogen (secondary N) is 1. The van der Waals surface area contributed by atoms with Gasteiger partial charge in [0, 0.05) is 20.8 Å². The summed E-state index contributed by atoms with van der Waals surface area (Å²) in [7, 11) is 0. The molecule has 2 aromatic rings. The number of aromatic nitrogens is 1. The number of carbonyl (C=O) groups excluding carboxylic acids is 1. The molecule has 1 N–H and O–H groups in total. The lowest BCUT2D eigenvalue weighted by atomic mass is 10.2. The maximum absolute atomic E-state index is 12.5. The molecule has 124 valence electrons. The molecule has 2 aromatic carbocycles. The third-order valence-electron chi connectivity index (χ3n) is 4.06. The van der Waals surface area contributed by atoms with E-state index in [0.29, 0.717) is 22.0 Å². The zero-order valence-electron chi connectivity index (χ0n) is 13.2. The normalized spacial score (nSPS) is 11.8. The quantitative estimate of drug-likeness (QED) is 0.519. The Hall–Kier alpha value is -3.37. The van der Waals surface area contributed by atoms with Crippen LogP contribution in [-0.4, -0.2) is 10.9 Å². The topological polar surface area (TPSA) is 95.2 Å². The van der Waals surface area contributed by atoms with Gasteiger partial charge in [0.25, 0.3) is 5.91 Å². The molecule has 0 saturated heterocycles. The second kappa shape index (κ2) is 6.17. The zero-order chi connectivity index (χ0) is 18.3. The van der Waals surface area contributed by atoms with Gasteiger partial charge in [0.2, 0.25) is 0 Å². The van der Waals surface area contributed by atoms with E-state index in [0.717, 1.165) is 4.47 Å². The molecular formula is C19H9BrN4O2. The number of hydrogen-bond acceptors (Lipinski definition) is 5. The van der Waals surface area contributed by atoms with Crippen LogP contribution in [-0.2, 0) is 0 Å². The third-order valence-corrected chi connectivity index (χ3v) is 4.59. The highest BCUT2D eigenvalue weighted by molar-refractivity contribution is 9.10. The minimum atomic E-state index is -0.434. The van der Waals surface area contributed by atoms with Gasteiger partial charge in [0.15, 0.2) is 10.9 Å². The smallest absolute Gasteiger partial charge is 0.271 e. The van der Waals surface area contributed by atoms with Crippen LogP contribution < -0.4 is 16.3 Å². The van der Waals surface area contributed by atoms with Crippen LogP contribution in [0.4, 0.5) is 0 Å². The molecule has 0 atom stereocenters. The maximum atomic E-state index is 12.5. The standard InChI is InChI=1S/C19H9BrN4O2/c20-11-7-5-10(6-8-11)19(26)24-23-18-14(9-21)15-16(22-18)12-3-1-2-4-13(12)17(15)25/h1-8H,(H,24,26)/b23-18+. The van der Waals surface area contributed by atoms with E-state index in [2.05, 4.69) is 31.4 Å². The maximum Gasteiger partial charge on any atom is 0.271 e. The number of hydrogen-bond donors (Lipinski definition) is 1. The fourth-order valence-electron chi connectivity index (χ4n) is 2.84. The summed E-state index contributed by atoms with van der Waals surface area (Å²) in [6.07, 6.45) is 0. The summed E-state index contributed by atoms with van der Waals surface area (Å²) in [4.78, 5) is 29.0. The minimum absolute atomic E-state index is 0.0332. The summed E-state index contributed by atoms with van der Waals surface area (Å²) < 4.78 is 0.851. The Morgan fingerprint density at radius 1 is 1.12 bits per heavy atom. The lowest BCUT2D eigenvalue weighted by Gasteiger charge is -1.98. The van der Waals surface area contributed by atoms with E-state index < -0.39 is 5.91 Å². The zero-order valence-corrected chi connectivity index (χ0v) is 14.7. The van der Waals surface area contributed by atoms with Crippen LogP contribution in [0, 0.1) is 11.3 Å². The predicted octanol–water partition coefficient (Wildman–Crippen LogP) is 2.46. The monoisotopic (exact) mass is 404 g/mol. The molecule has 0 aromatic heterocycles. The van der Waals surface area contributed by atoms with Gasteiger partial charge in [-0.25, -0.2) is 10.4 Å². The molecule has 0 saturated carbocycles. The Bertz CT molecular complexity index is 1260. The molecule has 6 nitrogen and oxygen atoms in total. The number of amides is 1. The lowest BCUT2D eigenvalue weighted by molar-refractivity contribution is 0.0953. The predicted molar refractivity (Wildman–Crippen MR) is 98.9 cm³/mol. The van der Waals surface area contributed by atoms with Crippen LogP contribution in [0.5, 0.6) is 0 Å². The van der Waals surface area contributed by atoms with Crippen molar-refractivity contribution < 1.29 is 4.79 Å². The Kier molecular flexibility index (Phi) is 3.82. The van der Waals surface area contributed by atoms with Gasteiger partial charge in [-0.05, 0) is 24.3 Å². The Morgan fingerprint density at radius 2 is 1.81 bits per heavy atom. The lowest BCUT2D eigenvalue weighted by Crippen LogP contribution is -2.22. The average molecular weight is 405 g/mol. The van der Waals surface area contributed by atoms with Crippen molar-refractivity contribution >= 4 is 32.6 Å². The average Bonchev–Trinajstić information content (AvgIpc) is 3.16. The first-order valence-electron chi connectivity index (χ1n) is 7.61. The second-order valence-corrected chi connectivity index (χ2v) is 6.50. The molecule has 0 unspecified atom stereocenters. The van der Waals surface area contributed by atoms with Gasteiger partial charge in [0.05, 0.1) is 11.3 Å². The van der Waals surface area contributed by atoms with E-state index in [9.17, 15) is 14.9 Å². The van der Waals surface area contributed by atoms with Crippen molar-refractivity contribution in [2.75, 3.05) is 0 Å². The summed E-state index contributed by atoms with van der Waals surface area (Å²) >= 11 is 3.30. The number of rotatable bonds is 2. The molecule has 0 radical (unpaired) electrons. The number of halogens is 1. The largest absolute Gasteiger partial charge is 0.288 e. The van der Waals surface area contributed by atoms with E-state index in [1.165, 1.54) is 0 Å². The van der Waals surface area contributed by atoms with Gasteiger partial charge >= 0.3 is 0 Å². The number of nitrogens with zero attached hydrogens (tertiary/aromatic N) is 3. The van der Waals surface area contributed by atoms with Crippen LogP contribution in [0.15, 0.2) is 62.9 Å². The molecule has 0 spiro atoms. The summed E-state index contributed by atoms with van der Waals surface area (Å²) in [5.74, 6) is -0.434. The minimum Gasteiger partial charge on any atom is -0.288 e. The highest BCUT2D eigenvalue weighted by Crippen LogP contribution is 2.28. The summed E-state index contributed by atoms with van der Waals surface area (Å²) in [5, 5.41) is 14.6. The molecule has 26 heavy (non-hydrogen) atoms. The van der Waals surface area contributed by atoms with Crippen molar-refractivity contribution in [2.24, 2.45) is 5.10 Å². The van der Waals surface area contributed by atoms with Crippen LogP contribution in [0.1, 0.15) is 15.9 Å². The van der Waals surface area contributed by atoms with Crippen molar-refractivity contribution in [2.45, 2.75) is 0 Å². The third kappa shape index (κ3) is 2.48. The Morgan fingerprint density at radius 3 is 2.50 bits per heavy atom. The van der Waals surface area contributed by atoms with E-state index in [1.807, 2.05) is 6.07 Å². The molecule has 7 heteroatoms. The molecule has 2 aliphatic rings. The number of nitriles is 1. The van der Waals surface area contributed by atoms with Gasteiger partial charge in [-0.1, -0.05) is 40.2 Å². The van der Waals surface area contributed by atoms with Gasteiger partial charge in [-0.15, -0.1) is 0 Å². The molecule has 0 fully saturated rings. The molecule has 1 aliphatic heterocycles. The van der Waals surface area contributed by atoms with Crippen molar-refractivity contribution in [3.63, 3.8) is 0 Å². The first-order chi connectivity index (χ1) is 12.6. The van der Waals surface area contributed by atoms with Gasteiger partial charge in [-0.2, -0.15) is 10.4 Å². The first kappa shape index (κ1) is 16.1. The molecule has 1 aliphatic carbocycles. The van der Waals surface area contributed by atoms with Gasteiger partial charge < -0.3 is 0 Å². The van der Waals surface area contributed by atoms with E-state index >= 15 is 0 Å². The van der Waals surface area contributed by atoms with Crippen molar-refractivity contribution in [3.05, 3.63) is 79.8 Å². The second-order valence-electron chi connectivity index (χ2n) is 5.58. The number of carbonyl (C=O) groups is 1. The van der Waals surface area contributed by atoms with Crippen LogP contribution in [0.3, 0.4) is 0 Å². The SMILES string of the molecule is N#Cc1c2c(=O)c3ccccc3c-2n/c1=N/NC(=O)c1ccc(Br)cc1. The summed E-state index contributed by atoms with van der Waals surface area (Å²) in [5.41, 5.74) is 3.32. The molecule has 1 heterocycles. The molecule has 4 rings (SSSR count). The highest BCUT2D eigenvalue weighted by Gasteiger charge is 2.25. The van der Waals surface area contributed by atoms with Gasteiger partial charge in [0.1, 0.15) is 11.6 Å². The highest BCUT2D eigenvalue weighted by atomic mass is 79.9.